The second-order valence-corrected chi connectivity index (χ2v) is 19.3. The Hall–Kier alpha value is -3.15. The van der Waals surface area contributed by atoms with Crippen LogP contribution in [0.5, 0.6) is 0 Å². The monoisotopic (exact) mass is 733 g/mol. The van der Waals surface area contributed by atoms with Gasteiger partial charge in [-0.15, -0.1) is 0 Å². The van der Waals surface area contributed by atoms with Gasteiger partial charge in [0.25, 0.3) is 0 Å². The zero-order chi connectivity index (χ0) is 37.6. The number of imidazole rings is 2. The lowest BCUT2D eigenvalue weighted by Gasteiger charge is -2.30. The minimum absolute atomic E-state index is 0.00208. The minimum Gasteiger partial charge on any atom is -0.399 e. The van der Waals surface area contributed by atoms with Gasteiger partial charge in [0.2, 0.25) is 11.8 Å². The van der Waals surface area contributed by atoms with Crippen molar-refractivity contribution in [2.45, 2.75) is 141 Å². The number of nitrogens with zero attached hydrogens (tertiary/aromatic N) is 4. The Labute approximate surface area is 300 Å². The lowest BCUT2D eigenvalue weighted by atomic mass is 9.86. The molecular weight excluding hydrogens is 679 g/mol. The number of fused-ring (bicyclic) bond motifs is 2. The molecule has 282 valence electrons. The number of rotatable bonds is 7. The van der Waals surface area contributed by atoms with Crippen LogP contribution in [0.1, 0.15) is 117 Å². The summed E-state index contributed by atoms with van der Waals surface area (Å²) >= 11 is 0. The van der Waals surface area contributed by atoms with Gasteiger partial charge in [-0.1, -0.05) is 54.5 Å². The first-order valence-corrected chi connectivity index (χ1v) is 20.1. The normalized spacial score (nSPS) is 19.0. The first kappa shape index (κ1) is 39.1. The van der Waals surface area contributed by atoms with E-state index in [1.165, 1.54) is 0 Å². The Morgan fingerprint density at radius 2 is 1.14 bits per heavy atom. The third-order valence-corrected chi connectivity index (χ3v) is 12.0. The highest BCUT2D eigenvalue weighted by Gasteiger charge is 2.37. The van der Waals surface area contributed by atoms with Gasteiger partial charge in [-0.2, -0.15) is 0 Å². The predicted molar refractivity (Wildman–Crippen MR) is 198 cm³/mol. The minimum atomic E-state index is -3.11. The van der Waals surface area contributed by atoms with Crippen LogP contribution in [0.3, 0.4) is 0 Å². The van der Waals surface area contributed by atoms with E-state index < -0.39 is 21.7 Å². The molecule has 7 nitrogen and oxygen atoms in total. The molecule has 0 unspecified atom stereocenters. The van der Waals surface area contributed by atoms with E-state index in [4.69, 9.17) is 15.7 Å². The van der Waals surface area contributed by atoms with Gasteiger partial charge in [0.15, 0.2) is 9.84 Å². The molecule has 0 amide bonds. The van der Waals surface area contributed by atoms with Gasteiger partial charge < -0.3 is 14.9 Å². The number of nitrogen functional groups attached to an aromatic ring is 1. The summed E-state index contributed by atoms with van der Waals surface area (Å²) in [4.78, 5) is 9.59. The summed E-state index contributed by atoms with van der Waals surface area (Å²) < 4.78 is 82.1. The highest BCUT2D eigenvalue weighted by atomic mass is 32.2. The number of nitrogens with two attached hydrogens (primary N) is 1. The number of anilines is 1. The summed E-state index contributed by atoms with van der Waals surface area (Å²) in [5, 5.41) is 0. The standard InChI is InChI=1S/C21H30F2N2O2S.C18H25F2N3/c1-5-28(26,27)14-16-6-7-18-17(12-16)24-19(20(2,3)4)25(18)13-15-8-10-21(22,23)11-9-15;1-17(2,3)16-22-14-10-13(21)4-5-15(14)23(16)11-12-6-8-18(19,20)9-7-12/h6-7,12,15H,5,8-11,13-14H2,1-4H3;4-5,10,12H,6-9,11,21H2,1-3H3. The van der Waals surface area contributed by atoms with Crippen molar-refractivity contribution in [1.29, 1.82) is 0 Å². The van der Waals surface area contributed by atoms with Crippen molar-refractivity contribution < 1.29 is 26.0 Å². The summed E-state index contributed by atoms with van der Waals surface area (Å²) in [6, 6.07) is 11.4. The molecular formula is C39H55F4N5O2S. The van der Waals surface area contributed by atoms with E-state index in [2.05, 4.69) is 50.7 Å². The maximum absolute atomic E-state index is 13.5. The zero-order valence-electron chi connectivity index (χ0n) is 31.2. The summed E-state index contributed by atoms with van der Waals surface area (Å²) in [5.74, 6) is -2.49. The van der Waals surface area contributed by atoms with Crippen LogP contribution in [0.25, 0.3) is 22.1 Å². The molecule has 12 heteroatoms. The van der Waals surface area contributed by atoms with Gasteiger partial charge in [0.05, 0.1) is 27.8 Å². The Morgan fingerprint density at radius 1 is 0.725 bits per heavy atom. The van der Waals surface area contributed by atoms with Crippen LogP contribution < -0.4 is 5.73 Å². The molecule has 2 aromatic heterocycles. The fourth-order valence-corrected chi connectivity index (χ4v) is 8.26. The molecule has 2 aliphatic rings. The molecule has 2 N–H and O–H groups in total. The van der Waals surface area contributed by atoms with E-state index in [-0.39, 0.29) is 59.9 Å². The number of hydrogen-bond acceptors (Lipinski definition) is 5. The summed E-state index contributed by atoms with van der Waals surface area (Å²) in [5.41, 5.74) is 10.6. The maximum atomic E-state index is 13.5. The topological polar surface area (TPSA) is 95.8 Å². The molecule has 51 heavy (non-hydrogen) atoms. The second kappa shape index (κ2) is 14.3. The second-order valence-electron chi connectivity index (χ2n) is 16.9. The fraction of sp³-hybridized carbons (Fsp3) is 0.641. The number of benzene rings is 2. The molecule has 0 saturated heterocycles. The molecule has 0 aliphatic heterocycles. The Kier molecular flexibility index (Phi) is 11.0. The predicted octanol–water partition coefficient (Wildman–Crippen LogP) is 9.84. The van der Waals surface area contributed by atoms with E-state index in [0.717, 1.165) is 45.8 Å². The number of hydrogen-bond donors (Lipinski definition) is 1. The van der Waals surface area contributed by atoms with Crippen LogP contribution in [0.4, 0.5) is 23.2 Å². The lowest BCUT2D eigenvalue weighted by Crippen LogP contribution is -2.28. The van der Waals surface area contributed by atoms with Crippen LogP contribution in [-0.4, -0.2) is 45.1 Å². The summed E-state index contributed by atoms with van der Waals surface area (Å²) in [7, 11) is -3.11. The van der Waals surface area contributed by atoms with E-state index in [1.807, 2.05) is 36.4 Å². The van der Waals surface area contributed by atoms with Gasteiger partial charge in [-0.3, -0.25) is 0 Å². The SMILES string of the molecule is CC(C)(C)c1nc2cc(N)ccc2n1CC1CCC(F)(F)CC1.CCS(=O)(=O)Cc1ccc2c(c1)nc(C(C)(C)C)n2CC1CCC(F)(F)CC1. The molecule has 4 aromatic rings. The molecule has 6 rings (SSSR count). The van der Waals surface area contributed by atoms with Crippen LogP contribution in [0, 0.1) is 11.8 Å². The molecule has 2 aliphatic carbocycles. The molecule has 2 saturated carbocycles. The molecule has 0 bridgehead atoms. The quantitative estimate of drug-likeness (QED) is 0.151. The van der Waals surface area contributed by atoms with Crippen molar-refractivity contribution in [1.82, 2.24) is 19.1 Å². The Morgan fingerprint density at radius 3 is 1.55 bits per heavy atom. The average Bonchev–Trinajstić information content (AvgIpc) is 3.57. The smallest absolute Gasteiger partial charge is 0.248 e. The van der Waals surface area contributed by atoms with Gasteiger partial charge in [-0.25, -0.2) is 35.9 Å². The molecule has 2 aromatic carbocycles. The van der Waals surface area contributed by atoms with E-state index in [1.54, 1.807) is 6.92 Å². The van der Waals surface area contributed by atoms with Gasteiger partial charge in [0.1, 0.15) is 11.6 Å². The number of aromatic nitrogens is 4. The van der Waals surface area contributed by atoms with Crippen LogP contribution in [0.15, 0.2) is 36.4 Å². The van der Waals surface area contributed by atoms with Crippen LogP contribution in [0.2, 0.25) is 0 Å². The lowest BCUT2D eigenvalue weighted by molar-refractivity contribution is -0.0478. The highest BCUT2D eigenvalue weighted by Crippen LogP contribution is 2.40. The molecule has 2 fully saturated rings. The number of halogens is 4. The van der Waals surface area contributed by atoms with Crippen LogP contribution in [-0.2, 0) is 39.5 Å². The van der Waals surface area contributed by atoms with Crippen LogP contribution >= 0.6 is 0 Å². The summed E-state index contributed by atoms with van der Waals surface area (Å²) in [6.45, 7) is 15.7. The van der Waals surface area contributed by atoms with Crippen molar-refractivity contribution in [2.24, 2.45) is 11.8 Å². The van der Waals surface area contributed by atoms with Crippen molar-refractivity contribution >= 4 is 37.6 Å². The third kappa shape index (κ3) is 9.64. The van der Waals surface area contributed by atoms with Gasteiger partial charge >= 0.3 is 0 Å². The molecule has 0 radical (unpaired) electrons. The van der Waals surface area contributed by atoms with E-state index in [9.17, 15) is 26.0 Å². The summed E-state index contributed by atoms with van der Waals surface area (Å²) in [6.07, 6.45) is 2.09. The van der Waals surface area contributed by atoms with E-state index >= 15 is 0 Å². The average molecular weight is 734 g/mol. The van der Waals surface area contributed by atoms with Crippen molar-refractivity contribution in [2.75, 3.05) is 11.5 Å². The Bertz CT molecular complexity index is 1930. The van der Waals surface area contributed by atoms with Gasteiger partial charge in [-0.05, 0) is 73.4 Å². The first-order chi connectivity index (χ1) is 23.6. The zero-order valence-corrected chi connectivity index (χ0v) is 32.0. The molecule has 0 spiro atoms. The van der Waals surface area contributed by atoms with E-state index in [0.29, 0.717) is 37.9 Å². The third-order valence-electron chi connectivity index (χ3n) is 10.3. The highest BCUT2D eigenvalue weighted by molar-refractivity contribution is 7.90. The van der Waals surface area contributed by atoms with Gasteiger partial charge in [0, 0.05) is 61.0 Å². The molecule has 2 heterocycles. The number of alkyl halides is 4. The largest absolute Gasteiger partial charge is 0.399 e. The van der Waals surface area contributed by atoms with Crippen molar-refractivity contribution in [3.63, 3.8) is 0 Å². The van der Waals surface area contributed by atoms with Crippen molar-refractivity contribution in [3.05, 3.63) is 53.6 Å². The number of sulfone groups is 1. The maximum Gasteiger partial charge on any atom is 0.248 e. The molecule has 0 atom stereocenters. The fourth-order valence-electron chi connectivity index (χ4n) is 7.36. The van der Waals surface area contributed by atoms with Crippen molar-refractivity contribution in [3.8, 4) is 0 Å². The first-order valence-electron chi connectivity index (χ1n) is 18.3. The Balaban J connectivity index is 0.000000201.